The first-order valence-electron chi connectivity index (χ1n) is 10.2. The molecule has 31 heavy (non-hydrogen) atoms. The van der Waals surface area contributed by atoms with Gasteiger partial charge in [0.05, 0.1) is 5.69 Å². The van der Waals surface area contributed by atoms with E-state index >= 15 is 0 Å². The Morgan fingerprint density at radius 3 is 2.55 bits per heavy atom. The molecule has 2 aromatic carbocycles. The lowest BCUT2D eigenvalue weighted by atomic mass is 9.96. The number of piperidine rings is 1. The van der Waals surface area contributed by atoms with Crippen LogP contribution in [0.25, 0.3) is 16.9 Å². The molecule has 1 aliphatic rings. The van der Waals surface area contributed by atoms with Crippen LogP contribution in [0.2, 0.25) is 5.02 Å². The van der Waals surface area contributed by atoms with Gasteiger partial charge < -0.3 is 4.42 Å². The minimum Gasteiger partial charge on any atom is -0.428 e. The Morgan fingerprint density at radius 2 is 1.84 bits per heavy atom. The summed E-state index contributed by atoms with van der Waals surface area (Å²) in [6.07, 6.45) is 5.26. The molecule has 1 aliphatic heterocycles. The summed E-state index contributed by atoms with van der Waals surface area (Å²) in [5, 5.41) is 13.2. The molecule has 0 aliphatic carbocycles. The number of benzene rings is 2. The zero-order valence-corrected chi connectivity index (χ0v) is 17.5. The minimum absolute atomic E-state index is 0.278. The van der Waals surface area contributed by atoms with Crippen molar-refractivity contribution >= 4 is 11.6 Å². The smallest absolute Gasteiger partial charge is 0.219 e. The van der Waals surface area contributed by atoms with E-state index in [1.54, 1.807) is 16.8 Å². The number of hydrogen-bond acceptors (Lipinski definition) is 5. The lowest BCUT2D eigenvalue weighted by molar-refractivity contribution is 0.193. The fraction of sp³-hybridized carbons (Fsp3) is 0.261. The summed E-state index contributed by atoms with van der Waals surface area (Å²) in [7, 11) is 0. The summed E-state index contributed by atoms with van der Waals surface area (Å²) in [5.74, 6) is 0.726. The van der Waals surface area contributed by atoms with Crippen LogP contribution in [0, 0.1) is 5.82 Å². The molecule has 0 spiro atoms. The van der Waals surface area contributed by atoms with E-state index in [1.165, 1.54) is 12.5 Å². The number of halogens is 2. The molecule has 1 fully saturated rings. The summed E-state index contributed by atoms with van der Waals surface area (Å²) < 4.78 is 21.8. The second kappa shape index (κ2) is 8.61. The van der Waals surface area contributed by atoms with Crippen molar-refractivity contribution in [1.82, 2.24) is 24.9 Å². The van der Waals surface area contributed by atoms with Crippen LogP contribution in [0.4, 0.5) is 4.39 Å². The highest BCUT2D eigenvalue weighted by Gasteiger charge is 2.25. The van der Waals surface area contributed by atoms with Crippen molar-refractivity contribution in [3.05, 3.63) is 83.4 Å². The Morgan fingerprint density at radius 1 is 1.06 bits per heavy atom. The van der Waals surface area contributed by atoms with E-state index in [9.17, 15) is 4.39 Å². The largest absolute Gasteiger partial charge is 0.428 e. The number of aromatic nitrogens is 4. The predicted octanol–water partition coefficient (Wildman–Crippen LogP) is 5.09. The normalized spacial score (nSPS) is 15.4. The maximum Gasteiger partial charge on any atom is 0.219 e. The highest BCUT2D eigenvalue weighted by atomic mass is 35.5. The molecule has 0 amide bonds. The molecule has 8 heteroatoms. The van der Waals surface area contributed by atoms with Gasteiger partial charge in [0.1, 0.15) is 11.5 Å². The van der Waals surface area contributed by atoms with Gasteiger partial charge in [-0.15, -0.1) is 10.2 Å². The Hall–Kier alpha value is -3.03. The first kappa shape index (κ1) is 19.9. The summed E-state index contributed by atoms with van der Waals surface area (Å²) in [4.78, 5) is 2.36. The Balaban J connectivity index is 1.42. The molecule has 6 nitrogen and oxygen atoms in total. The standard InChI is InChI=1S/C23H21ClFN5O/c24-18-5-7-19(8-6-18)30-14-17(22(28-30)20-3-1-2-4-21(20)25)13-29-11-9-16(10-12-29)23-27-26-15-31-23/h1-8,14-16H,9-13H2. The summed E-state index contributed by atoms with van der Waals surface area (Å²) in [6, 6.07) is 14.2. The van der Waals surface area contributed by atoms with Crippen molar-refractivity contribution in [1.29, 1.82) is 0 Å². The van der Waals surface area contributed by atoms with Crippen LogP contribution >= 0.6 is 11.6 Å². The van der Waals surface area contributed by atoms with Gasteiger partial charge in [-0.1, -0.05) is 23.7 Å². The average Bonchev–Trinajstić information content (AvgIpc) is 3.46. The molecule has 0 N–H and O–H groups in total. The Kier molecular flexibility index (Phi) is 5.53. The van der Waals surface area contributed by atoms with E-state index < -0.39 is 0 Å². The van der Waals surface area contributed by atoms with Crippen LogP contribution in [0.15, 0.2) is 65.5 Å². The second-order valence-electron chi connectivity index (χ2n) is 7.73. The van der Waals surface area contributed by atoms with Gasteiger partial charge in [0.2, 0.25) is 12.3 Å². The van der Waals surface area contributed by atoms with Gasteiger partial charge in [-0.3, -0.25) is 4.90 Å². The molecular weight excluding hydrogens is 417 g/mol. The van der Waals surface area contributed by atoms with Crippen LogP contribution in [0.3, 0.4) is 0 Å². The number of rotatable bonds is 5. The van der Waals surface area contributed by atoms with Crippen LogP contribution in [-0.2, 0) is 6.54 Å². The van der Waals surface area contributed by atoms with Gasteiger partial charge in [-0.05, 0) is 62.3 Å². The fourth-order valence-electron chi connectivity index (χ4n) is 4.07. The molecule has 158 valence electrons. The Bertz CT molecular complexity index is 1150. The summed E-state index contributed by atoms with van der Waals surface area (Å²) in [5.41, 5.74) is 3.03. The van der Waals surface area contributed by atoms with Gasteiger partial charge in [-0.25, -0.2) is 9.07 Å². The molecule has 0 unspecified atom stereocenters. The van der Waals surface area contributed by atoms with Gasteiger partial charge in [0.15, 0.2) is 0 Å². The molecule has 0 saturated carbocycles. The van der Waals surface area contributed by atoms with Crippen LogP contribution in [0.1, 0.15) is 30.2 Å². The highest BCUT2D eigenvalue weighted by Crippen LogP contribution is 2.31. The maximum atomic E-state index is 14.6. The molecule has 3 heterocycles. The quantitative estimate of drug-likeness (QED) is 0.435. The van der Waals surface area contributed by atoms with Crippen molar-refractivity contribution < 1.29 is 8.81 Å². The van der Waals surface area contributed by atoms with Crippen molar-refractivity contribution in [2.45, 2.75) is 25.3 Å². The van der Waals surface area contributed by atoms with E-state index in [-0.39, 0.29) is 5.82 Å². The van der Waals surface area contributed by atoms with Crippen LogP contribution < -0.4 is 0 Å². The van der Waals surface area contributed by atoms with Crippen molar-refractivity contribution in [2.24, 2.45) is 0 Å². The average molecular weight is 438 g/mol. The Labute approximate surface area is 184 Å². The topological polar surface area (TPSA) is 60.0 Å². The van der Waals surface area contributed by atoms with Crippen molar-refractivity contribution in [3.63, 3.8) is 0 Å². The third-order valence-electron chi connectivity index (χ3n) is 5.72. The molecule has 0 bridgehead atoms. The first-order valence-corrected chi connectivity index (χ1v) is 10.6. The fourth-order valence-corrected chi connectivity index (χ4v) is 4.20. The third-order valence-corrected chi connectivity index (χ3v) is 5.97. The molecule has 0 radical (unpaired) electrons. The third kappa shape index (κ3) is 4.24. The molecule has 5 rings (SSSR count). The number of hydrogen-bond donors (Lipinski definition) is 0. The maximum absolute atomic E-state index is 14.6. The van der Waals surface area contributed by atoms with Gasteiger partial charge in [-0.2, -0.15) is 5.10 Å². The van der Waals surface area contributed by atoms with E-state index in [1.807, 2.05) is 36.5 Å². The first-order chi connectivity index (χ1) is 15.2. The summed E-state index contributed by atoms with van der Waals surface area (Å²) in [6.45, 7) is 2.49. The minimum atomic E-state index is -0.278. The zero-order chi connectivity index (χ0) is 21.2. The van der Waals surface area contributed by atoms with E-state index in [2.05, 4.69) is 15.1 Å². The number of nitrogens with zero attached hydrogens (tertiary/aromatic N) is 5. The van der Waals surface area contributed by atoms with Crippen molar-refractivity contribution in [2.75, 3.05) is 13.1 Å². The van der Waals surface area contributed by atoms with Gasteiger partial charge >= 0.3 is 0 Å². The SMILES string of the molecule is Fc1ccccc1-c1nn(-c2ccc(Cl)cc2)cc1CN1CCC(c2nnco2)CC1. The monoisotopic (exact) mass is 437 g/mol. The zero-order valence-electron chi connectivity index (χ0n) is 16.8. The molecule has 4 aromatic rings. The van der Waals surface area contributed by atoms with Crippen LogP contribution in [-0.4, -0.2) is 38.0 Å². The lowest BCUT2D eigenvalue weighted by Gasteiger charge is -2.30. The molecule has 2 aromatic heterocycles. The number of likely N-dealkylation sites (tertiary alicyclic amines) is 1. The van der Waals surface area contributed by atoms with E-state index in [4.69, 9.17) is 21.1 Å². The van der Waals surface area contributed by atoms with E-state index in [0.29, 0.717) is 34.6 Å². The van der Waals surface area contributed by atoms with Gasteiger partial charge in [0, 0.05) is 34.8 Å². The van der Waals surface area contributed by atoms with E-state index in [0.717, 1.165) is 37.2 Å². The molecule has 0 atom stereocenters. The highest BCUT2D eigenvalue weighted by molar-refractivity contribution is 6.30. The summed E-state index contributed by atoms with van der Waals surface area (Å²) >= 11 is 6.03. The van der Waals surface area contributed by atoms with Gasteiger partial charge in [0.25, 0.3) is 0 Å². The lowest BCUT2D eigenvalue weighted by Crippen LogP contribution is -2.32. The predicted molar refractivity (Wildman–Crippen MR) is 116 cm³/mol. The second-order valence-corrected chi connectivity index (χ2v) is 8.17. The molecule has 1 saturated heterocycles. The van der Waals surface area contributed by atoms with Crippen molar-refractivity contribution in [3.8, 4) is 16.9 Å². The molecular formula is C23H21ClFN5O. The van der Waals surface area contributed by atoms with Crippen LogP contribution in [0.5, 0.6) is 0 Å².